The molecule has 1 aromatic carbocycles. The van der Waals surface area contributed by atoms with E-state index in [2.05, 4.69) is 10.6 Å². The van der Waals surface area contributed by atoms with Crippen molar-refractivity contribution < 1.29 is 14.5 Å². The molecule has 8 nitrogen and oxygen atoms in total. The maximum Gasteiger partial charge on any atom is 0.292 e. The van der Waals surface area contributed by atoms with Gasteiger partial charge in [0.2, 0.25) is 11.8 Å². The number of carbonyl (C=O) groups is 2. The molecule has 1 saturated heterocycles. The Morgan fingerprint density at radius 1 is 1.33 bits per heavy atom. The monoisotopic (exact) mass is 334 g/mol. The van der Waals surface area contributed by atoms with Crippen LogP contribution in [0.25, 0.3) is 0 Å². The van der Waals surface area contributed by atoms with Gasteiger partial charge >= 0.3 is 0 Å². The minimum atomic E-state index is -0.445. The number of hydrogen-bond donors (Lipinski definition) is 2. The molecule has 2 amide bonds. The Bertz CT molecular complexity index is 620. The topological polar surface area (TPSA) is 105 Å². The van der Waals surface area contributed by atoms with Gasteiger partial charge < -0.3 is 15.5 Å². The zero-order chi connectivity index (χ0) is 17.5. The second-order valence-corrected chi connectivity index (χ2v) is 5.80. The van der Waals surface area contributed by atoms with Gasteiger partial charge in [-0.05, 0) is 18.9 Å². The summed E-state index contributed by atoms with van der Waals surface area (Å²) in [4.78, 5) is 35.7. The molecule has 0 aromatic heterocycles. The third-order valence-corrected chi connectivity index (χ3v) is 4.08. The van der Waals surface area contributed by atoms with Gasteiger partial charge in [0.25, 0.3) is 5.69 Å². The van der Waals surface area contributed by atoms with Crippen LogP contribution in [0.4, 0.5) is 11.4 Å². The van der Waals surface area contributed by atoms with Gasteiger partial charge in [0.05, 0.1) is 10.8 Å². The van der Waals surface area contributed by atoms with Crippen LogP contribution in [0.1, 0.15) is 19.8 Å². The highest BCUT2D eigenvalue weighted by atomic mass is 16.6. The Labute approximate surface area is 140 Å². The summed E-state index contributed by atoms with van der Waals surface area (Å²) in [5.74, 6) is -0.274. The first-order valence-corrected chi connectivity index (χ1v) is 7.99. The van der Waals surface area contributed by atoms with Gasteiger partial charge in [0.1, 0.15) is 5.69 Å². The molecule has 0 bridgehead atoms. The third kappa shape index (κ3) is 4.68. The van der Waals surface area contributed by atoms with Crippen LogP contribution in [0, 0.1) is 16.0 Å². The first-order valence-electron chi connectivity index (χ1n) is 7.99. The SMILES string of the molecule is CC(=O)N1CCC[C@H](C(=O)NCCNc2ccccc2[N+](=O)[O-])C1. The molecule has 1 aliphatic heterocycles. The first kappa shape index (κ1) is 17.7. The van der Waals surface area contributed by atoms with Crippen LogP contribution in [0.2, 0.25) is 0 Å². The largest absolute Gasteiger partial charge is 0.378 e. The fourth-order valence-corrected chi connectivity index (χ4v) is 2.79. The first-order chi connectivity index (χ1) is 11.5. The lowest BCUT2D eigenvalue weighted by Gasteiger charge is -2.31. The number of amides is 2. The summed E-state index contributed by atoms with van der Waals surface area (Å²) in [5.41, 5.74) is 0.436. The third-order valence-electron chi connectivity index (χ3n) is 4.08. The van der Waals surface area contributed by atoms with E-state index in [9.17, 15) is 19.7 Å². The number of anilines is 1. The quantitative estimate of drug-likeness (QED) is 0.464. The molecule has 1 aliphatic rings. The maximum absolute atomic E-state index is 12.2. The number of para-hydroxylation sites is 2. The smallest absolute Gasteiger partial charge is 0.292 e. The fourth-order valence-electron chi connectivity index (χ4n) is 2.79. The summed E-state index contributed by atoms with van der Waals surface area (Å²) < 4.78 is 0. The number of nitrogens with one attached hydrogen (secondary N) is 2. The Hall–Kier alpha value is -2.64. The van der Waals surface area contributed by atoms with Crippen LogP contribution in [-0.4, -0.2) is 47.8 Å². The number of rotatable bonds is 6. The van der Waals surface area contributed by atoms with E-state index < -0.39 is 4.92 Å². The van der Waals surface area contributed by atoms with Crippen LogP contribution < -0.4 is 10.6 Å². The van der Waals surface area contributed by atoms with E-state index in [0.29, 0.717) is 31.9 Å². The summed E-state index contributed by atoms with van der Waals surface area (Å²) in [7, 11) is 0. The van der Waals surface area contributed by atoms with E-state index in [0.717, 1.165) is 12.8 Å². The molecule has 1 aromatic rings. The van der Waals surface area contributed by atoms with Crippen molar-refractivity contribution in [2.24, 2.45) is 5.92 Å². The molecule has 130 valence electrons. The van der Waals surface area contributed by atoms with Gasteiger partial charge in [-0.15, -0.1) is 0 Å². The van der Waals surface area contributed by atoms with E-state index in [1.807, 2.05) is 0 Å². The summed E-state index contributed by atoms with van der Waals surface area (Å²) in [6, 6.07) is 6.38. The van der Waals surface area contributed by atoms with Crippen molar-refractivity contribution in [3.05, 3.63) is 34.4 Å². The van der Waals surface area contributed by atoms with Crippen molar-refractivity contribution in [2.75, 3.05) is 31.5 Å². The van der Waals surface area contributed by atoms with Gasteiger partial charge in [0.15, 0.2) is 0 Å². The molecule has 1 atom stereocenters. The zero-order valence-electron chi connectivity index (χ0n) is 13.7. The van der Waals surface area contributed by atoms with Crippen molar-refractivity contribution in [2.45, 2.75) is 19.8 Å². The number of piperidine rings is 1. The van der Waals surface area contributed by atoms with Crippen LogP contribution in [0.15, 0.2) is 24.3 Å². The highest BCUT2D eigenvalue weighted by Gasteiger charge is 2.26. The van der Waals surface area contributed by atoms with E-state index in [4.69, 9.17) is 0 Å². The number of nitro groups is 1. The standard InChI is InChI=1S/C16H22N4O4/c1-12(21)19-10-4-5-13(11-19)16(22)18-9-8-17-14-6-2-3-7-15(14)20(23)24/h2-3,6-7,13,17H,4-5,8-11H2,1H3,(H,18,22)/t13-/m0/s1. The molecule has 0 radical (unpaired) electrons. The van der Waals surface area contributed by atoms with E-state index in [1.54, 1.807) is 23.1 Å². The fraction of sp³-hybridized carbons (Fsp3) is 0.500. The van der Waals surface area contributed by atoms with Crippen LogP contribution in [0.5, 0.6) is 0 Å². The Kier molecular flexibility index (Phi) is 6.11. The molecule has 1 fully saturated rings. The maximum atomic E-state index is 12.2. The van der Waals surface area contributed by atoms with E-state index in [1.165, 1.54) is 13.0 Å². The van der Waals surface area contributed by atoms with Crippen LogP contribution >= 0.6 is 0 Å². The van der Waals surface area contributed by atoms with Gasteiger partial charge in [0, 0.05) is 39.2 Å². The van der Waals surface area contributed by atoms with Gasteiger partial charge in [-0.2, -0.15) is 0 Å². The van der Waals surface area contributed by atoms with Crippen molar-refractivity contribution >= 4 is 23.2 Å². The summed E-state index contributed by atoms with van der Waals surface area (Å²) in [6.45, 7) is 3.43. The second-order valence-electron chi connectivity index (χ2n) is 5.80. The average molecular weight is 334 g/mol. The molecular formula is C16H22N4O4. The van der Waals surface area contributed by atoms with Gasteiger partial charge in [-0.3, -0.25) is 19.7 Å². The average Bonchev–Trinajstić information content (AvgIpc) is 2.58. The minimum Gasteiger partial charge on any atom is -0.378 e. The minimum absolute atomic E-state index is 0.00760. The molecule has 2 N–H and O–H groups in total. The number of carbonyl (C=O) groups excluding carboxylic acids is 2. The number of hydrogen-bond acceptors (Lipinski definition) is 5. The van der Waals surface area contributed by atoms with Crippen molar-refractivity contribution in [3.8, 4) is 0 Å². The van der Waals surface area contributed by atoms with Gasteiger partial charge in [-0.25, -0.2) is 0 Å². The lowest BCUT2D eigenvalue weighted by atomic mass is 9.97. The molecular weight excluding hydrogens is 312 g/mol. The van der Waals surface area contributed by atoms with Gasteiger partial charge in [-0.1, -0.05) is 12.1 Å². The summed E-state index contributed by atoms with van der Waals surface area (Å²) in [6.07, 6.45) is 1.60. The molecule has 1 heterocycles. The zero-order valence-corrected chi connectivity index (χ0v) is 13.7. The molecule has 0 aliphatic carbocycles. The van der Waals surface area contributed by atoms with Crippen LogP contribution in [0.3, 0.4) is 0 Å². The lowest BCUT2D eigenvalue weighted by Crippen LogP contribution is -2.45. The number of nitrogens with zero attached hydrogens (tertiary/aromatic N) is 2. The Balaban J connectivity index is 1.77. The van der Waals surface area contributed by atoms with Crippen molar-refractivity contribution in [1.82, 2.24) is 10.2 Å². The van der Waals surface area contributed by atoms with Crippen molar-refractivity contribution in [1.29, 1.82) is 0 Å². The number of benzene rings is 1. The highest BCUT2D eigenvalue weighted by molar-refractivity contribution is 5.80. The molecule has 0 saturated carbocycles. The molecule has 0 unspecified atom stereocenters. The normalized spacial score (nSPS) is 17.2. The summed E-state index contributed by atoms with van der Waals surface area (Å²) in [5, 5.41) is 16.7. The van der Waals surface area contributed by atoms with E-state index >= 15 is 0 Å². The molecule has 24 heavy (non-hydrogen) atoms. The second kappa shape index (κ2) is 8.28. The van der Waals surface area contributed by atoms with E-state index in [-0.39, 0.29) is 23.4 Å². The molecule has 8 heteroatoms. The van der Waals surface area contributed by atoms with Crippen molar-refractivity contribution in [3.63, 3.8) is 0 Å². The lowest BCUT2D eigenvalue weighted by molar-refractivity contribution is -0.384. The highest BCUT2D eigenvalue weighted by Crippen LogP contribution is 2.22. The predicted molar refractivity (Wildman–Crippen MR) is 89.6 cm³/mol. The van der Waals surface area contributed by atoms with Crippen LogP contribution in [-0.2, 0) is 9.59 Å². The molecule has 0 spiro atoms. The Morgan fingerprint density at radius 3 is 2.79 bits per heavy atom. The number of nitro benzene ring substituents is 1. The molecule has 2 rings (SSSR count). The summed E-state index contributed by atoms with van der Waals surface area (Å²) >= 11 is 0. The predicted octanol–water partition coefficient (Wildman–Crippen LogP) is 1.38. The number of likely N-dealkylation sites (tertiary alicyclic amines) is 1. The Morgan fingerprint density at radius 2 is 2.08 bits per heavy atom.